The molecule has 0 spiro atoms. The van der Waals surface area contributed by atoms with Crippen LogP contribution in [0.2, 0.25) is 0 Å². The number of amides is 1. The fraction of sp³-hybridized carbons (Fsp3) is 0.500. The van der Waals surface area contributed by atoms with Crippen molar-refractivity contribution in [1.82, 2.24) is 5.32 Å². The van der Waals surface area contributed by atoms with Crippen LogP contribution in [0.15, 0.2) is 30.3 Å². The Bertz CT molecular complexity index is 346. The number of nitrogens with two attached hydrogens (primary N) is 1. The maximum absolute atomic E-state index is 10.9. The van der Waals surface area contributed by atoms with E-state index in [1.807, 2.05) is 19.9 Å². The number of aryl methyl sites for hydroxylation is 1. The van der Waals surface area contributed by atoms with Gasteiger partial charge in [-0.3, -0.25) is 4.79 Å². The highest BCUT2D eigenvalue weighted by atomic mass is 16.1. The van der Waals surface area contributed by atoms with Crippen LogP contribution in [0.4, 0.5) is 0 Å². The van der Waals surface area contributed by atoms with Gasteiger partial charge in [-0.1, -0.05) is 30.3 Å². The van der Waals surface area contributed by atoms with Gasteiger partial charge in [-0.05, 0) is 38.8 Å². The summed E-state index contributed by atoms with van der Waals surface area (Å²) in [6.45, 7) is 4.90. The van der Waals surface area contributed by atoms with Crippen molar-refractivity contribution in [3.8, 4) is 0 Å². The van der Waals surface area contributed by atoms with Crippen LogP contribution < -0.4 is 11.1 Å². The number of rotatable bonds is 7. The SMILES string of the molecule is CC(C)(CC(N)=O)NCCCc1ccccc1. The number of benzene rings is 1. The second kappa shape index (κ2) is 6.40. The number of primary amides is 1. The highest BCUT2D eigenvalue weighted by Gasteiger charge is 2.18. The minimum absolute atomic E-state index is 0.206. The highest BCUT2D eigenvalue weighted by molar-refractivity contribution is 5.74. The molecule has 0 aliphatic heterocycles. The molecule has 17 heavy (non-hydrogen) atoms. The minimum atomic E-state index is -0.259. The summed E-state index contributed by atoms with van der Waals surface area (Å²) in [7, 11) is 0. The third-order valence-corrected chi connectivity index (χ3v) is 2.70. The zero-order chi connectivity index (χ0) is 12.7. The van der Waals surface area contributed by atoms with Crippen LogP contribution >= 0.6 is 0 Å². The predicted octanol–water partition coefficient (Wildman–Crippen LogP) is 1.86. The van der Waals surface area contributed by atoms with Crippen molar-refractivity contribution in [2.45, 2.75) is 38.6 Å². The Morgan fingerprint density at radius 1 is 1.29 bits per heavy atom. The van der Waals surface area contributed by atoms with Gasteiger partial charge < -0.3 is 11.1 Å². The van der Waals surface area contributed by atoms with Crippen molar-refractivity contribution < 1.29 is 4.79 Å². The number of hydrogen-bond acceptors (Lipinski definition) is 2. The van der Waals surface area contributed by atoms with E-state index in [4.69, 9.17) is 5.73 Å². The van der Waals surface area contributed by atoms with Crippen molar-refractivity contribution in [2.24, 2.45) is 5.73 Å². The molecule has 0 atom stereocenters. The van der Waals surface area contributed by atoms with Gasteiger partial charge in [0.1, 0.15) is 0 Å². The molecule has 1 aromatic carbocycles. The molecule has 3 nitrogen and oxygen atoms in total. The number of carbonyl (C=O) groups is 1. The molecule has 0 saturated carbocycles. The lowest BCUT2D eigenvalue weighted by atomic mass is 10.00. The summed E-state index contributed by atoms with van der Waals surface area (Å²) in [5, 5.41) is 3.36. The lowest BCUT2D eigenvalue weighted by Gasteiger charge is -2.24. The Balaban J connectivity index is 2.22. The molecule has 0 heterocycles. The van der Waals surface area contributed by atoms with Gasteiger partial charge in [-0.2, -0.15) is 0 Å². The first kappa shape index (κ1) is 13.7. The number of hydrogen-bond donors (Lipinski definition) is 2. The average molecular weight is 234 g/mol. The molecular weight excluding hydrogens is 212 g/mol. The molecule has 0 fully saturated rings. The summed E-state index contributed by atoms with van der Waals surface area (Å²) in [6.07, 6.45) is 2.49. The second-order valence-electron chi connectivity index (χ2n) is 5.04. The van der Waals surface area contributed by atoms with E-state index in [-0.39, 0.29) is 11.4 Å². The van der Waals surface area contributed by atoms with Gasteiger partial charge >= 0.3 is 0 Å². The van der Waals surface area contributed by atoms with Crippen molar-refractivity contribution in [1.29, 1.82) is 0 Å². The molecule has 1 amide bonds. The third-order valence-electron chi connectivity index (χ3n) is 2.70. The maximum Gasteiger partial charge on any atom is 0.219 e. The predicted molar refractivity (Wildman–Crippen MR) is 70.7 cm³/mol. The zero-order valence-corrected chi connectivity index (χ0v) is 10.7. The molecule has 0 aromatic heterocycles. The van der Waals surface area contributed by atoms with Gasteiger partial charge in [0, 0.05) is 12.0 Å². The van der Waals surface area contributed by atoms with E-state index >= 15 is 0 Å². The van der Waals surface area contributed by atoms with E-state index in [1.54, 1.807) is 0 Å². The van der Waals surface area contributed by atoms with E-state index in [2.05, 4.69) is 29.6 Å². The molecule has 0 aliphatic carbocycles. The standard InChI is InChI=1S/C14H22N2O/c1-14(2,11-13(15)17)16-10-6-9-12-7-4-3-5-8-12/h3-5,7-8,16H,6,9-11H2,1-2H3,(H2,15,17). The summed E-state index contributed by atoms with van der Waals surface area (Å²) >= 11 is 0. The molecule has 0 unspecified atom stereocenters. The Hall–Kier alpha value is -1.35. The average Bonchev–Trinajstić information content (AvgIpc) is 2.24. The first-order valence-electron chi connectivity index (χ1n) is 6.07. The van der Waals surface area contributed by atoms with Crippen molar-refractivity contribution in [3.05, 3.63) is 35.9 Å². The summed E-state index contributed by atoms with van der Waals surface area (Å²) in [5.74, 6) is -0.259. The van der Waals surface area contributed by atoms with Crippen LogP contribution in [0, 0.1) is 0 Å². The monoisotopic (exact) mass is 234 g/mol. The molecule has 3 heteroatoms. The summed E-state index contributed by atoms with van der Waals surface area (Å²) < 4.78 is 0. The molecule has 0 radical (unpaired) electrons. The quantitative estimate of drug-likeness (QED) is 0.708. The molecule has 3 N–H and O–H groups in total. The first-order chi connectivity index (χ1) is 7.99. The summed E-state index contributed by atoms with van der Waals surface area (Å²) in [5.41, 5.74) is 6.34. The van der Waals surface area contributed by atoms with Crippen LogP contribution in [-0.2, 0) is 11.2 Å². The van der Waals surface area contributed by atoms with E-state index in [0.717, 1.165) is 19.4 Å². The minimum Gasteiger partial charge on any atom is -0.370 e. The molecule has 0 saturated heterocycles. The van der Waals surface area contributed by atoms with Gasteiger partial charge in [-0.15, -0.1) is 0 Å². The Morgan fingerprint density at radius 2 is 1.94 bits per heavy atom. The van der Waals surface area contributed by atoms with Gasteiger partial charge in [0.2, 0.25) is 5.91 Å². The second-order valence-corrected chi connectivity index (χ2v) is 5.04. The van der Waals surface area contributed by atoms with Gasteiger partial charge in [0.15, 0.2) is 0 Å². The van der Waals surface area contributed by atoms with Crippen LogP contribution in [0.3, 0.4) is 0 Å². The zero-order valence-electron chi connectivity index (χ0n) is 10.7. The van der Waals surface area contributed by atoms with Gasteiger partial charge in [-0.25, -0.2) is 0 Å². The highest BCUT2D eigenvalue weighted by Crippen LogP contribution is 2.08. The lowest BCUT2D eigenvalue weighted by Crippen LogP contribution is -2.43. The van der Waals surface area contributed by atoms with E-state index in [9.17, 15) is 4.79 Å². The largest absolute Gasteiger partial charge is 0.370 e. The summed E-state index contributed by atoms with van der Waals surface area (Å²) in [4.78, 5) is 10.9. The maximum atomic E-state index is 10.9. The van der Waals surface area contributed by atoms with Crippen molar-refractivity contribution in [2.75, 3.05) is 6.54 Å². The molecule has 1 aromatic rings. The fourth-order valence-electron chi connectivity index (χ4n) is 1.86. The number of nitrogens with one attached hydrogen (secondary N) is 1. The summed E-state index contributed by atoms with van der Waals surface area (Å²) in [6, 6.07) is 10.4. The smallest absolute Gasteiger partial charge is 0.219 e. The van der Waals surface area contributed by atoms with E-state index < -0.39 is 0 Å². The Labute approximate surface area is 103 Å². The first-order valence-corrected chi connectivity index (χ1v) is 6.07. The van der Waals surface area contributed by atoms with E-state index in [1.165, 1.54) is 5.56 Å². The van der Waals surface area contributed by atoms with Gasteiger partial charge in [0.25, 0.3) is 0 Å². The Morgan fingerprint density at radius 3 is 2.53 bits per heavy atom. The van der Waals surface area contributed by atoms with Crippen LogP contribution in [0.5, 0.6) is 0 Å². The van der Waals surface area contributed by atoms with Crippen LogP contribution in [0.1, 0.15) is 32.3 Å². The van der Waals surface area contributed by atoms with Crippen LogP contribution in [-0.4, -0.2) is 18.0 Å². The Kier molecular flexibility index (Phi) is 5.16. The van der Waals surface area contributed by atoms with Gasteiger partial charge in [0.05, 0.1) is 0 Å². The van der Waals surface area contributed by atoms with E-state index in [0.29, 0.717) is 6.42 Å². The third kappa shape index (κ3) is 6.07. The fourth-order valence-corrected chi connectivity index (χ4v) is 1.86. The topological polar surface area (TPSA) is 55.1 Å². The van der Waals surface area contributed by atoms with Crippen LogP contribution in [0.25, 0.3) is 0 Å². The molecular formula is C14H22N2O. The molecule has 0 bridgehead atoms. The molecule has 0 aliphatic rings. The normalized spacial score (nSPS) is 11.4. The molecule has 94 valence electrons. The van der Waals surface area contributed by atoms with Crippen molar-refractivity contribution in [3.63, 3.8) is 0 Å². The van der Waals surface area contributed by atoms with Crippen molar-refractivity contribution >= 4 is 5.91 Å². The molecule has 1 rings (SSSR count). The lowest BCUT2D eigenvalue weighted by molar-refractivity contribution is -0.119. The number of carbonyl (C=O) groups excluding carboxylic acids is 1.